The zero-order valence-corrected chi connectivity index (χ0v) is 10.6. The van der Waals surface area contributed by atoms with Crippen LogP contribution in [0.5, 0.6) is 0 Å². The first-order valence-corrected chi connectivity index (χ1v) is 5.89. The van der Waals surface area contributed by atoms with Gasteiger partial charge in [0.15, 0.2) is 0 Å². The fourth-order valence-corrected chi connectivity index (χ4v) is 1.67. The molecule has 3 nitrogen and oxygen atoms in total. The zero-order valence-electron chi connectivity index (χ0n) is 9.87. The van der Waals surface area contributed by atoms with E-state index in [4.69, 9.17) is 17.3 Å². The second-order valence-corrected chi connectivity index (χ2v) is 4.38. The van der Waals surface area contributed by atoms with Crippen LogP contribution in [0.4, 0.5) is 5.69 Å². The summed E-state index contributed by atoms with van der Waals surface area (Å²) in [6.07, 6.45) is 3.77. The minimum absolute atomic E-state index is 0.258. The molecule has 1 aromatic carbocycles. The van der Waals surface area contributed by atoms with Crippen molar-refractivity contribution in [3.8, 4) is 0 Å². The normalized spacial score (nSPS) is 11.9. The number of hydrogen-bond acceptors (Lipinski definition) is 2. The summed E-state index contributed by atoms with van der Waals surface area (Å²) < 4.78 is 0. The zero-order chi connectivity index (χ0) is 12.8. The third-order valence-corrected chi connectivity index (χ3v) is 2.79. The summed E-state index contributed by atoms with van der Waals surface area (Å²) in [6.45, 7) is 5.73. The van der Waals surface area contributed by atoms with Gasteiger partial charge in [0, 0.05) is 11.6 Å². The number of nitrogens with one attached hydrogen (secondary N) is 1. The molecular formula is C13H17ClN2O. The van der Waals surface area contributed by atoms with Gasteiger partial charge >= 0.3 is 0 Å². The van der Waals surface area contributed by atoms with Crippen molar-refractivity contribution in [2.45, 2.75) is 25.8 Å². The Morgan fingerprint density at radius 2 is 2.35 bits per heavy atom. The molecule has 17 heavy (non-hydrogen) atoms. The molecule has 1 rings (SSSR count). The average Bonchev–Trinajstić information content (AvgIpc) is 2.29. The lowest BCUT2D eigenvalue weighted by molar-refractivity contribution is 0.100. The van der Waals surface area contributed by atoms with Crippen LogP contribution in [0, 0.1) is 0 Å². The Bertz CT molecular complexity index is 418. The van der Waals surface area contributed by atoms with Gasteiger partial charge < -0.3 is 11.1 Å². The molecule has 1 amide bonds. The number of primary amides is 1. The first-order valence-electron chi connectivity index (χ1n) is 5.51. The molecule has 0 heterocycles. The van der Waals surface area contributed by atoms with E-state index in [1.54, 1.807) is 18.2 Å². The van der Waals surface area contributed by atoms with Gasteiger partial charge in [-0.2, -0.15) is 0 Å². The Morgan fingerprint density at radius 3 is 2.94 bits per heavy atom. The maximum Gasteiger partial charge on any atom is 0.248 e. The molecule has 0 bridgehead atoms. The number of carbonyl (C=O) groups excluding carboxylic acids is 1. The van der Waals surface area contributed by atoms with Crippen molar-refractivity contribution in [1.82, 2.24) is 0 Å². The Balaban J connectivity index is 2.78. The molecule has 1 aromatic rings. The number of amides is 1. The van der Waals surface area contributed by atoms with Gasteiger partial charge in [0.25, 0.3) is 0 Å². The Kier molecular flexibility index (Phi) is 5.04. The highest BCUT2D eigenvalue weighted by molar-refractivity contribution is 6.33. The Hall–Kier alpha value is -1.48. The number of hydrogen-bond donors (Lipinski definition) is 2. The molecule has 4 heteroatoms. The third-order valence-electron chi connectivity index (χ3n) is 2.46. The molecule has 0 radical (unpaired) electrons. The van der Waals surface area contributed by atoms with Crippen LogP contribution in [-0.2, 0) is 0 Å². The molecule has 0 spiro atoms. The number of rotatable bonds is 6. The van der Waals surface area contributed by atoms with Crippen molar-refractivity contribution in [2.75, 3.05) is 5.32 Å². The van der Waals surface area contributed by atoms with Crippen LogP contribution in [0.2, 0.25) is 5.02 Å². The molecule has 0 saturated heterocycles. The van der Waals surface area contributed by atoms with Crippen molar-refractivity contribution in [3.63, 3.8) is 0 Å². The number of halogens is 1. The Morgan fingerprint density at radius 1 is 1.65 bits per heavy atom. The monoisotopic (exact) mass is 252 g/mol. The first kappa shape index (κ1) is 13.6. The standard InChI is InChI=1S/C13H17ClN2O/c1-3-4-5-9(2)16-12-8-10(13(15)17)6-7-11(12)14/h3,6-9,16H,1,4-5H2,2H3,(H2,15,17). The van der Waals surface area contributed by atoms with Crippen LogP contribution in [0.25, 0.3) is 0 Å². The fraction of sp³-hybridized carbons (Fsp3) is 0.308. The molecule has 3 N–H and O–H groups in total. The van der Waals surface area contributed by atoms with Crippen molar-refractivity contribution < 1.29 is 4.79 Å². The van der Waals surface area contributed by atoms with Gasteiger partial charge in [-0.15, -0.1) is 6.58 Å². The fourth-order valence-electron chi connectivity index (χ4n) is 1.49. The van der Waals surface area contributed by atoms with Gasteiger partial charge in [-0.3, -0.25) is 4.79 Å². The highest BCUT2D eigenvalue weighted by Crippen LogP contribution is 2.24. The van der Waals surface area contributed by atoms with Crippen molar-refractivity contribution >= 4 is 23.2 Å². The van der Waals surface area contributed by atoms with E-state index < -0.39 is 5.91 Å². The molecule has 0 fully saturated rings. The van der Waals surface area contributed by atoms with E-state index in [0.717, 1.165) is 18.5 Å². The summed E-state index contributed by atoms with van der Waals surface area (Å²) in [4.78, 5) is 11.1. The number of allylic oxidation sites excluding steroid dienone is 1. The highest BCUT2D eigenvalue weighted by atomic mass is 35.5. The van der Waals surface area contributed by atoms with Crippen molar-refractivity contribution in [3.05, 3.63) is 41.4 Å². The summed E-state index contributed by atoms with van der Waals surface area (Å²) in [5.41, 5.74) is 6.41. The second kappa shape index (κ2) is 6.30. The molecule has 0 saturated carbocycles. The lowest BCUT2D eigenvalue weighted by Crippen LogP contribution is -2.16. The molecular weight excluding hydrogens is 236 g/mol. The molecule has 0 aliphatic carbocycles. The molecule has 1 atom stereocenters. The lowest BCUT2D eigenvalue weighted by Gasteiger charge is -2.16. The number of benzene rings is 1. The predicted molar refractivity (Wildman–Crippen MR) is 72.5 cm³/mol. The van der Waals surface area contributed by atoms with E-state index in [0.29, 0.717) is 10.6 Å². The van der Waals surface area contributed by atoms with E-state index in [9.17, 15) is 4.79 Å². The quantitative estimate of drug-likeness (QED) is 0.764. The maximum absolute atomic E-state index is 11.1. The highest BCUT2D eigenvalue weighted by Gasteiger charge is 2.08. The molecule has 1 unspecified atom stereocenters. The van der Waals surface area contributed by atoms with Crippen LogP contribution < -0.4 is 11.1 Å². The number of carbonyl (C=O) groups is 1. The van der Waals surface area contributed by atoms with Gasteiger partial charge in [0.05, 0.1) is 10.7 Å². The van der Waals surface area contributed by atoms with Gasteiger partial charge in [0.2, 0.25) is 5.91 Å². The van der Waals surface area contributed by atoms with Crippen molar-refractivity contribution in [2.24, 2.45) is 5.73 Å². The summed E-state index contributed by atoms with van der Waals surface area (Å²) in [7, 11) is 0. The van der Waals surface area contributed by atoms with E-state index in [1.165, 1.54) is 0 Å². The molecule has 0 aliphatic heterocycles. The topological polar surface area (TPSA) is 55.1 Å². The van der Waals surface area contributed by atoms with E-state index >= 15 is 0 Å². The van der Waals surface area contributed by atoms with Crippen LogP contribution in [0.15, 0.2) is 30.9 Å². The summed E-state index contributed by atoms with van der Waals surface area (Å²) >= 11 is 6.04. The molecule has 0 aliphatic rings. The first-order chi connectivity index (χ1) is 8.04. The van der Waals surface area contributed by atoms with Crippen LogP contribution in [0.3, 0.4) is 0 Å². The smallest absolute Gasteiger partial charge is 0.248 e. The van der Waals surface area contributed by atoms with Crippen LogP contribution in [-0.4, -0.2) is 11.9 Å². The second-order valence-electron chi connectivity index (χ2n) is 3.97. The molecule has 0 aromatic heterocycles. The minimum Gasteiger partial charge on any atom is -0.381 e. The summed E-state index contributed by atoms with van der Waals surface area (Å²) in [5.74, 6) is -0.455. The maximum atomic E-state index is 11.1. The van der Waals surface area contributed by atoms with E-state index in [2.05, 4.69) is 18.8 Å². The predicted octanol–water partition coefficient (Wildman–Crippen LogP) is 3.21. The van der Waals surface area contributed by atoms with Crippen LogP contribution in [0.1, 0.15) is 30.1 Å². The largest absolute Gasteiger partial charge is 0.381 e. The van der Waals surface area contributed by atoms with E-state index in [-0.39, 0.29) is 6.04 Å². The number of nitrogens with two attached hydrogens (primary N) is 1. The van der Waals surface area contributed by atoms with Gasteiger partial charge in [0.1, 0.15) is 0 Å². The number of anilines is 1. The minimum atomic E-state index is -0.455. The average molecular weight is 253 g/mol. The third kappa shape index (κ3) is 4.11. The van der Waals surface area contributed by atoms with E-state index in [1.807, 2.05) is 6.08 Å². The van der Waals surface area contributed by atoms with Gasteiger partial charge in [-0.25, -0.2) is 0 Å². The van der Waals surface area contributed by atoms with Gasteiger partial charge in [-0.05, 0) is 38.0 Å². The van der Waals surface area contributed by atoms with Gasteiger partial charge in [-0.1, -0.05) is 17.7 Å². The van der Waals surface area contributed by atoms with Crippen LogP contribution >= 0.6 is 11.6 Å². The Labute approximate surface area is 107 Å². The molecule has 92 valence electrons. The summed E-state index contributed by atoms with van der Waals surface area (Å²) in [5, 5.41) is 3.84. The van der Waals surface area contributed by atoms with Crippen molar-refractivity contribution in [1.29, 1.82) is 0 Å². The lowest BCUT2D eigenvalue weighted by atomic mass is 10.1. The SMILES string of the molecule is C=CCCC(C)Nc1cc(C(N)=O)ccc1Cl. The summed E-state index contributed by atoms with van der Waals surface area (Å²) in [6, 6.07) is 5.22.